The number of fused-ring (bicyclic) bond motifs is 1. The maximum atomic E-state index is 12.0. The van der Waals surface area contributed by atoms with Gasteiger partial charge in [0.2, 0.25) is 5.91 Å². The van der Waals surface area contributed by atoms with Crippen molar-refractivity contribution in [1.82, 2.24) is 24.9 Å². The second kappa shape index (κ2) is 9.38. The maximum Gasteiger partial charge on any atom is 0.254 e. The van der Waals surface area contributed by atoms with Crippen LogP contribution in [0.4, 0.5) is 22.9 Å². The maximum absolute atomic E-state index is 12.0. The highest BCUT2D eigenvalue weighted by atomic mass is 16.2. The number of hydrogen-bond donors (Lipinski definition) is 4. The van der Waals surface area contributed by atoms with E-state index in [-0.39, 0.29) is 18.2 Å². The van der Waals surface area contributed by atoms with E-state index in [9.17, 15) is 9.59 Å². The molecule has 0 radical (unpaired) electrons. The summed E-state index contributed by atoms with van der Waals surface area (Å²) in [6.45, 7) is 2.60. The number of aryl methyl sites for hydroxylation is 1. The number of aromatic nitrogens is 4. The fourth-order valence-corrected chi connectivity index (χ4v) is 4.25. The van der Waals surface area contributed by atoms with Crippen molar-refractivity contribution in [2.45, 2.75) is 38.8 Å². The lowest BCUT2D eigenvalue weighted by atomic mass is 10.1. The molecule has 4 N–H and O–H groups in total. The van der Waals surface area contributed by atoms with Crippen molar-refractivity contribution >= 4 is 46.4 Å². The first-order valence-electron chi connectivity index (χ1n) is 12.2. The molecule has 1 aliphatic carbocycles. The van der Waals surface area contributed by atoms with Crippen LogP contribution in [0.3, 0.4) is 0 Å². The number of hydrogen-bond acceptors (Lipinski definition) is 8. The molecule has 0 unspecified atom stereocenters. The molecule has 2 amide bonds. The van der Waals surface area contributed by atoms with Crippen molar-refractivity contribution in [3.05, 3.63) is 77.4 Å². The fourth-order valence-electron chi connectivity index (χ4n) is 4.25. The van der Waals surface area contributed by atoms with Crippen molar-refractivity contribution in [3.8, 4) is 0 Å². The van der Waals surface area contributed by atoms with Crippen LogP contribution in [0.15, 0.2) is 60.4 Å². The first-order valence-corrected chi connectivity index (χ1v) is 12.2. The molecular weight excluding hydrogens is 468 g/mol. The molecule has 2 aliphatic rings. The number of carbonyl (C=O) groups excluding carboxylic acids is 2. The number of pyridine rings is 1. The summed E-state index contributed by atoms with van der Waals surface area (Å²) in [7, 11) is 0. The summed E-state index contributed by atoms with van der Waals surface area (Å²) in [4.78, 5) is 32.8. The van der Waals surface area contributed by atoms with E-state index in [2.05, 4.69) is 43.5 Å². The zero-order valence-corrected chi connectivity index (χ0v) is 20.3. The van der Waals surface area contributed by atoms with Crippen molar-refractivity contribution in [2.75, 3.05) is 16.0 Å². The first-order chi connectivity index (χ1) is 18.0. The Labute approximate surface area is 213 Å². The van der Waals surface area contributed by atoms with Gasteiger partial charge in [0.25, 0.3) is 5.91 Å². The van der Waals surface area contributed by atoms with Crippen LogP contribution in [0.5, 0.6) is 0 Å². The predicted molar refractivity (Wildman–Crippen MR) is 141 cm³/mol. The molecule has 10 nitrogen and oxygen atoms in total. The van der Waals surface area contributed by atoms with Crippen molar-refractivity contribution in [2.24, 2.45) is 0 Å². The summed E-state index contributed by atoms with van der Waals surface area (Å²) >= 11 is 0. The van der Waals surface area contributed by atoms with E-state index in [0.29, 0.717) is 35.2 Å². The lowest BCUT2D eigenvalue weighted by molar-refractivity contribution is -0.124. The molecule has 1 saturated heterocycles. The van der Waals surface area contributed by atoms with Crippen molar-refractivity contribution < 1.29 is 9.59 Å². The van der Waals surface area contributed by atoms with Gasteiger partial charge in [-0.15, -0.1) is 0 Å². The van der Waals surface area contributed by atoms with E-state index in [1.165, 1.54) is 12.8 Å². The minimum absolute atomic E-state index is 0.0583. The van der Waals surface area contributed by atoms with Gasteiger partial charge in [0, 0.05) is 46.1 Å². The Morgan fingerprint density at radius 3 is 2.70 bits per heavy atom. The van der Waals surface area contributed by atoms with Gasteiger partial charge in [-0.2, -0.15) is 5.10 Å². The number of anilines is 4. The highest BCUT2D eigenvalue weighted by molar-refractivity contribution is 6.15. The topological polar surface area (TPSA) is 125 Å². The Hall–Kier alpha value is -4.73. The van der Waals surface area contributed by atoms with Gasteiger partial charge in [-0.25, -0.2) is 9.50 Å². The number of rotatable bonds is 8. The van der Waals surface area contributed by atoms with Crippen LogP contribution in [0.25, 0.3) is 11.7 Å². The third kappa shape index (κ3) is 5.27. The second-order valence-electron chi connectivity index (χ2n) is 9.37. The van der Waals surface area contributed by atoms with Gasteiger partial charge in [0.05, 0.1) is 24.9 Å². The van der Waals surface area contributed by atoms with E-state index in [0.717, 1.165) is 28.5 Å². The molecule has 0 bridgehead atoms. The van der Waals surface area contributed by atoms with E-state index < -0.39 is 0 Å². The van der Waals surface area contributed by atoms with E-state index in [4.69, 9.17) is 4.98 Å². The van der Waals surface area contributed by atoms with E-state index in [1.54, 1.807) is 23.0 Å². The molecule has 1 aliphatic heterocycles. The Morgan fingerprint density at radius 2 is 1.92 bits per heavy atom. The summed E-state index contributed by atoms with van der Waals surface area (Å²) in [5, 5.41) is 17.1. The van der Waals surface area contributed by atoms with Crippen LogP contribution in [-0.4, -0.2) is 37.4 Å². The molecule has 10 heteroatoms. The summed E-state index contributed by atoms with van der Waals surface area (Å²) in [5.41, 5.74) is 6.48. The molecule has 1 saturated carbocycles. The molecule has 2 fully saturated rings. The van der Waals surface area contributed by atoms with Crippen LogP contribution < -0.4 is 21.3 Å². The largest absolute Gasteiger partial charge is 0.382 e. The molecule has 0 spiro atoms. The smallest absolute Gasteiger partial charge is 0.254 e. The number of carbonyl (C=O) groups is 2. The van der Waals surface area contributed by atoms with Crippen LogP contribution in [0.1, 0.15) is 36.2 Å². The van der Waals surface area contributed by atoms with Gasteiger partial charge >= 0.3 is 0 Å². The SMILES string of the molecule is Cc1cccc(CNc2cc(Nc3ccn4ncc(/C=C5/CC(=O)NC5=O)c4n3)cc(NC3CC3)c2)n1. The summed E-state index contributed by atoms with van der Waals surface area (Å²) in [6.07, 6.45) is 7.52. The van der Waals surface area contributed by atoms with Gasteiger partial charge in [0.1, 0.15) is 5.82 Å². The van der Waals surface area contributed by atoms with Gasteiger partial charge in [-0.1, -0.05) is 6.07 Å². The van der Waals surface area contributed by atoms with Crippen LogP contribution in [-0.2, 0) is 16.1 Å². The van der Waals surface area contributed by atoms with Crippen molar-refractivity contribution in [3.63, 3.8) is 0 Å². The third-order valence-corrected chi connectivity index (χ3v) is 6.19. The summed E-state index contributed by atoms with van der Waals surface area (Å²) in [5.74, 6) is -0.0423. The molecule has 186 valence electrons. The molecular formula is C27H26N8O2. The number of amides is 2. The highest BCUT2D eigenvalue weighted by Crippen LogP contribution is 2.30. The third-order valence-electron chi connectivity index (χ3n) is 6.19. The monoisotopic (exact) mass is 494 g/mol. The normalized spacial score (nSPS) is 16.3. The Morgan fingerprint density at radius 1 is 1.08 bits per heavy atom. The van der Waals surface area contributed by atoms with Gasteiger partial charge in [-0.05, 0) is 62.2 Å². The molecule has 1 aromatic carbocycles. The van der Waals surface area contributed by atoms with Crippen molar-refractivity contribution in [1.29, 1.82) is 0 Å². The van der Waals surface area contributed by atoms with Gasteiger partial charge in [0.15, 0.2) is 5.65 Å². The van der Waals surface area contributed by atoms with E-state index >= 15 is 0 Å². The Kier molecular flexibility index (Phi) is 5.76. The Bertz CT molecular complexity index is 1550. The fraction of sp³-hybridized carbons (Fsp3) is 0.222. The van der Waals surface area contributed by atoms with Gasteiger partial charge < -0.3 is 16.0 Å². The molecule has 4 aromatic rings. The number of benzene rings is 1. The summed E-state index contributed by atoms with van der Waals surface area (Å²) in [6, 6.07) is 14.6. The van der Waals surface area contributed by atoms with Crippen LogP contribution in [0.2, 0.25) is 0 Å². The molecule has 3 aromatic heterocycles. The molecule has 4 heterocycles. The van der Waals surface area contributed by atoms with Crippen LogP contribution in [0, 0.1) is 6.92 Å². The minimum atomic E-state index is -0.375. The zero-order valence-electron chi connectivity index (χ0n) is 20.3. The zero-order chi connectivity index (χ0) is 25.4. The first kappa shape index (κ1) is 22.7. The van der Waals surface area contributed by atoms with E-state index in [1.807, 2.05) is 37.3 Å². The average Bonchev–Trinajstić information content (AvgIpc) is 3.51. The molecule has 6 rings (SSSR count). The minimum Gasteiger partial charge on any atom is -0.382 e. The Balaban J connectivity index is 1.26. The molecule has 37 heavy (non-hydrogen) atoms. The standard InChI is InChI=1S/C27H26N8O2/c1-16-3-2-4-20(30-16)15-28-21-11-22(31-19-5-6-19)13-23(12-21)32-24-7-8-35-26(33-24)18(14-29-35)9-17-10-25(36)34-27(17)37/h2-4,7-9,11-14,19,28,31H,5-6,10,15H2,1H3,(H,32,33)(H,34,36,37)/b17-9-. The number of imide groups is 1. The summed E-state index contributed by atoms with van der Waals surface area (Å²) < 4.78 is 1.64. The number of nitrogens with zero attached hydrogens (tertiary/aromatic N) is 4. The second-order valence-corrected chi connectivity index (χ2v) is 9.37. The average molecular weight is 495 g/mol. The lowest BCUT2D eigenvalue weighted by Crippen LogP contribution is -2.19. The quantitative estimate of drug-likeness (QED) is 0.215. The molecule has 0 atom stereocenters. The predicted octanol–water partition coefficient (Wildman–Crippen LogP) is 3.79. The number of nitrogens with one attached hydrogen (secondary N) is 4. The van der Waals surface area contributed by atoms with Crippen LogP contribution >= 0.6 is 0 Å². The lowest BCUT2D eigenvalue weighted by Gasteiger charge is -2.14. The highest BCUT2D eigenvalue weighted by Gasteiger charge is 2.24. The van der Waals surface area contributed by atoms with Gasteiger partial charge in [-0.3, -0.25) is 19.9 Å².